The van der Waals surface area contributed by atoms with Gasteiger partial charge >= 0.3 is 0 Å². The standard InChI is InChI=1S/C13H21N5O/c1-10-8-12(16-15-10)13(19)18-6-4-17(5-7-18)11-2-3-14-9-11/h8,11,14H,2-7,9H2,1H3,(H,15,16). The van der Waals surface area contributed by atoms with Gasteiger partial charge in [-0.2, -0.15) is 5.10 Å². The Balaban J connectivity index is 1.56. The number of hydrogen-bond acceptors (Lipinski definition) is 4. The number of hydrogen-bond donors (Lipinski definition) is 2. The summed E-state index contributed by atoms with van der Waals surface area (Å²) in [7, 11) is 0. The van der Waals surface area contributed by atoms with Gasteiger partial charge in [0.25, 0.3) is 5.91 Å². The van der Waals surface area contributed by atoms with Gasteiger partial charge in [-0.05, 0) is 26.0 Å². The van der Waals surface area contributed by atoms with Crippen LogP contribution in [0.4, 0.5) is 0 Å². The first kappa shape index (κ1) is 12.6. The number of amides is 1. The van der Waals surface area contributed by atoms with Crippen molar-refractivity contribution in [3.05, 3.63) is 17.5 Å². The molecule has 0 aromatic carbocycles. The van der Waals surface area contributed by atoms with Crippen molar-refractivity contribution in [2.24, 2.45) is 0 Å². The summed E-state index contributed by atoms with van der Waals surface area (Å²) in [5.74, 6) is 0.0496. The SMILES string of the molecule is Cc1cc(C(=O)N2CCN(C3CCNC3)CC2)n[nH]1. The lowest BCUT2D eigenvalue weighted by molar-refractivity contribution is 0.0578. The molecule has 2 fully saturated rings. The van der Waals surface area contributed by atoms with Crippen LogP contribution in [0, 0.1) is 6.92 Å². The molecule has 1 amide bonds. The van der Waals surface area contributed by atoms with E-state index in [0.29, 0.717) is 11.7 Å². The van der Waals surface area contributed by atoms with Gasteiger partial charge in [0.05, 0.1) is 0 Å². The molecule has 0 bridgehead atoms. The van der Waals surface area contributed by atoms with Crippen LogP contribution in [0.5, 0.6) is 0 Å². The van der Waals surface area contributed by atoms with E-state index >= 15 is 0 Å². The summed E-state index contributed by atoms with van der Waals surface area (Å²) >= 11 is 0. The molecule has 3 rings (SSSR count). The van der Waals surface area contributed by atoms with Crippen molar-refractivity contribution in [2.45, 2.75) is 19.4 Å². The molecule has 2 saturated heterocycles. The Kier molecular flexibility index (Phi) is 3.52. The molecular formula is C13H21N5O. The topological polar surface area (TPSA) is 64.3 Å². The number of aromatic nitrogens is 2. The Morgan fingerprint density at radius 1 is 1.37 bits per heavy atom. The number of piperazine rings is 1. The van der Waals surface area contributed by atoms with Crippen molar-refractivity contribution in [3.8, 4) is 0 Å². The molecule has 6 nitrogen and oxygen atoms in total. The second-order valence-electron chi connectivity index (χ2n) is 5.41. The van der Waals surface area contributed by atoms with E-state index in [1.807, 2.05) is 17.9 Å². The lowest BCUT2D eigenvalue weighted by Gasteiger charge is -2.37. The average Bonchev–Trinajstić information content (AvgIpc) is 3.09. The summed E-state index contributed by atoms with van der Waals surface area (Å²) in [5, 5.41) is 10.3. The van der Waals surface area contributed by atoms with Crippen LogP contribution in [0.15, 0.2) is 6.07 Å². The molecule has 0 saturated carbocycles. The van der Waals surface area contributed by atoms with E-state index in [-0.39, 0.29) is 5.91 Å². The van der Waals surface area contributed by atoms with Crippen LogP contribution in [-0.2, 0) is 0 Å². The van der Waals surface area contributed by atoms with Crippen LogP contribution >= 0.6 is 0 Å². The van der Waals surface area contributed by atoms with Gasteiger partial charge in [0.2, 0.25) is 0 Å². The van der Waals surface area contributed by atoms with Crippen molar-refractivity contribution in [1.29, 1.82) is 0 Å². The molecule has 1 aromatic heterocycles. The number of H-pyrrole nitrogens is 1. The lowest BCUT2D eigenvalue weighted by atomic mass is 10.2. The fourth-order valence-corrected chi connectivity index (χ4v) is 2.93. The van der Waals surface area contributed by atoms with Crippen LogP contribution < -0.4 is 5.32 Å². The van der Waals surface area contributed by atoms with Crippen molar-refractivity contribution < 1.29 is 4.79 Å². The number of carbonyl (C=O) groups excluding carboxylic acids is 1. The summed E-state index contributed by atoms with van der Waals surface area (Å²) in [6.07, 6.45) is 1.23. The number of aryl methyl sites for hydroxylation is 1. The van der Waals surface area contributed by atoms with Crippen LogP contribution in [-0.4, -0.2) is 71.2 Å². The highest BCUT2D eigenvalue weighted by Crippen LogP contribution is 2.13. The molecule has 0 aliphatic carbocycles. The summed E-state index contributed by atoms with van der Waals surface area (Å²) < 4.78 is 0. The van der Waals surface area contributed by atoms with Gasteiger partial charge in [-0.3, -0.25) is 14.8 Å². The van der Waals surface area contributed by atoms with Gasteiger partial charge in [-0.25, -0.2) is 0 Å². The zero-order chi connectivity index (χ0) is 13.2. The van der Waals surface area contributed by atoms with E-state index in [1.54, 1.807) is 0 Å². The summed E-state index contributed by atoms with van der Waals surface area (Å²) in [4.78, 5) is 16.7. The van der Waals surface area contributed by atoms with Crippen molar-refractivity contribution in [2.75, 3.05) is 39.3 Å². The minimum atomic E-state index is 0.0496. The highest BCUT2D eigenvalue weighted by molar-refractivity contribution is 5.92. The monoisotopic (exact) mass is 263 g/mol. The molecule has 3 heterocycles. The highest BCUT2D eigenvalue weighted by atomic mass is 16.2. The van der Waals surface area contributed by atoms with Gasteiger partial charge in [-0.15, -0.1) is 0 Å². The molecule has 1 aromatic rings. The van der Waals surface area contributed by atoms with Gasteiger partial charge in [0.15, 0.2) is 0 Å². The Morgan fingerprint density at radius 2 is 2.16 bits per heavy atom. The fourth-order valence-electron chi connectivity index (χ4n) is 2.93. The number of aromatic amines is 1. The zero-order valence-electron chi connectivity index (χ0n) is 11.4. The van der Waals surface area contributed by atoms with E-state index in [0.717, 1.165) is 45.0 Å². The van der Waals surface area contributed by atoms with Crippen LogP contribution in [0.3, 0.4) is 0 Å². The van der Waals surface area contributed by atoms with Crippen LogP contribution in [0.2, 0.25) is 0 Å². The maximum Gasteiger partial charge on any atom is 0.274 e. The Bertz CT molecular complexity index is 444. The van der Waals surface area contributed by atoms with Gasteiger partial charge < -0.3 is 10.2 Å². The third-order valence-corrected chi connectivity index (χ3v) is 4.08. The lowest BCUT2D eigenvalue weighted by Crippen LogP contribution is -2.52. The third kappa shape index (κ3) is 2.64. The van der Waals surface area contributed by atoms with E-state index in [2.05, 4.69) is 20.4 Å². The first-order valence-corrected chi connectivity index (χ1v) is 7.00. The largest absolute Gasteiger partial charge is 0.335 e. The molecule has 1 atom stereocenters. The summed E-state index contributed by atoms with van der Waals surface area (Å²) in [6.45, 7) is 7.68. The maximum absolute atomic E-state index is 12.3. The van der Waals surface area contributed by atoms with E-state index < -0.39 is 0 Å². The van der Waals surface area contributed by atoms with Crippen molar-refractivity contribution in [1.82, 2.24) is 25.3 Å². The normalized spacial score (nSPS) is 24.9. The molecule has 19 heavy (non-hydrogen) atoms. The maximum atomic E-state index is 12.3. The predicted molar refractivity (Wildman–Crippen MR) is 72.1 cm³/mol. The number of rotatable bonds is 2. The number of nitrogens with one attached hydrogen (secondary N) is 2. The summed E-state index contributed by atoms with van der Waals surface area (Å²) in [6, 6.07) is 2.47. The quantitative estimate of drug-likeness (QED) is 0.778. The minimum absolute atomic E-state index is 0.0496. The smallest absolute Gasteiger partial charge is 0.274 e. The Labute approximate surface area is 113 Å². The Hall–Kier alpha value is -1.40. The highest BCUT2D eigenvalue weighted by Gasteiger charge is 2.28. The molecule has 1 unspecified atom stereocenters. The predicted octanol–water partition coefficient (Wildman–Crippen LogP) is -0.162. The fraction of sp³-hybridized carbons (Fsp3) is 0.692. The third-order valence-electron chi connectivity index (χ3n) is 4.08. The molecule has 2 aliphatic rings. The number of carbonyl (C=O) groups is 1. The second-order valence-corrected chi connectivity index (χ2v) is 5.41. The first-order valence-electron chi connectivity index (χ1n) is 7.00. The first-order chi connectivity index (χ1) is 9.24. The Morgan fingerprint density at radius 3 is 2.74 bits per heavy atom. The minimum Gasteiger partial charge on any atom is -0.335 e. The second kappa shape index (κ2) is 5.30. The molecule has 0 spiro atoms. The average molecular weight is 263 g/mol. The van der Waals surface area contributed by atoms with Crippen LogP contribution in [0.25, 0.3) is 0 Å². The van der Waals surface area contributed by atoms with Crippen LogP contribution in [0.1, 0.15) is 22.6 Å². The molecule has 0 radical (unpaired) electrons. The molecule has 104 valence electrons. The zero-order valence-corrected chi connectivity index (χ0v) is 11.4. The van der Waals surface area contributed by atoms with Gasteiger partial charge in [0.1, 0.15) is 5.69 Å². The van der Waals surface area contributed by atoms with Crippen molar-refractivity contribution in [3.63, 3.8) is 0 Å². The van der Waals surface area contributed by atoms with Gasteiger partial charge in [-0.1, -0.05) is 0 Å². The summed E-state index contributed by atoms with van der Waals surface area (Å²) in [5.41, 5.74) is 1.47. The van der Waals surface area contributed by atoms with E-state index in [4.69, 9.17) is 0 Å². The van der Waals surface area contributed by atoms with E-state index in [1.165, 1.54) is 6.42 Å². The molecule has 6 heteroatoms. The molecular weight excluding hydrogens is 242 g/mol. The molecule has 2 N–H and O–H groups in total. The molecule has 2 aliphatic heterocycles. The van der Waals surface area contributed by atoms with Crippen molar-refractivity contribution >= 4 is 5.91 Å². The van der Waals surface area contributed by atoms with Gasteiger partial charge in [0, 0.05) is 44.5 Å². The van der Waals surface area contributed by atoms with E-state index in [9.17, 15) is 4.79 Å². The number of nitrogens with zero attached hydrogens (tertiary/aromatic N) is 3.